The third-order valence-electron chi connectivity index (χ3n) is 2.28. The highest BCUT2D eigenvalue weighted by Crippen LogP contribution is 2.20. The first-order chi connectivity index (χ1) is 7.36. The third kappa shape index (κ3) is 2.57. The molecule has 0 aliphatic rings. The zero-order chi connectivity index (χ0) is 12.3. The Labute approximate surface area is 93.9 Å². The average molecular weight is 220 g/mol. The van der Waals surface area contributed by atoms with Crippen molar-refractivity contribution >= 4 is 11.6 Å². The van der Waals surface area contributed by atoms with Gasteiger partial charge in [-0.2, -0.15) is 5.26 Å². The Bertz CT molecular complexity index is 461. The summed E-state index contributed by atoms with van der Waals surface area (Å²) in [5, 5.41) is 11.4. The van der Waals surface area contributed by atoms with E-state index in [1.54, 1.807) is 6.92 Å². The predicted octanol–water partition coefficient (Wildman–Crippen LogP) is 2.62. The molecule has 0 spiro atoms. The van der Waals surface area contributed by atoms with Gasteiger partial charge in [0.2, 0.25) is 5.91 Å². The number of nitrogens with zero attached hydrogens (tertiary/aromatic N) is 1. The van der Waals surface area contributed by atoms with Gasteiger partial charge in [0.15, 0.2) is 0 Å². The monoisotopic (exact) mass is 220 g/mol. The van der Waals surface area contributed by atoms with E-state index >= 15 is 0 Å². The van der Waals surface area contributed by atoms with Gasteiger partial charge in [-0.3, -0.25) is 4.79 Å². The molecule has 84 valence electrons. The van der Waals surface area contributed by atoms with Gasteiger partial charge in [-0.25, -0.2) is 4.39 Å². The minimum atomic E-state index is -1.10. The zero-order valence-corrected chi connectivity index (χ0v) is 9.47. The Hall–Kier alpha value is -1.89. The van der Waals surface area contributed by atoms with Crippen LogP contribution in [0.25, 0.3) is 0 Å². The second-order valence-electron chi connectivity index (χ2n) is 4.15. The highest BCUT2D eigenvalue weighted by molar-refractivity contribution is 5.97. The van der Waals surface area contributed by atoms with Gasteiger partial charge in [0.25, 0.3) is 0 Å². The van der Waals surface area contributed by atoms with Gasteiger partial charge >= 0.3 is 0 Å². The van der Waals surface area contributed by atoms with Crippen molar-refractivity contribution in [3.05, 3.63) is 29.6 Å². The van der Waals surface area contributed by atoms with E-state index in [0.717, 1.165) is 0 Å². The van der Waals surface area contributed by atoms with Crippen molar-refractivity contribution in [1.82, 2.24) is 0 Å². The van der Waals surface area contributed by atoms with E-state index in [9.17, 15) is 9.18 Å². The van der Waals surface area contributed by atoms with Crippen molar-refractivity contribution in [2.45, 2.75) is 20.8 Å². The van der Waals surface area contributed by atoms with Crippen LogP contribution in [0.15, 0.2) is 18.2 Å². The van der Waals surface area contributed by atoms with Crippen LogP contribution in [-0.4, -0.2) is 5.91 Å². The maximum atomic E-state index is 12.8. The molecule has 3 nitrogen and oxygen atoms in total. The second-order valence-corrected chi connectivity index (χ2v) is 4.15. The number of nitriles is 1. The van der Waals surface area contributed by atoms with E-state index in [0.29, 0.717) is 11.3 Å². The fraction of sp³-hybridized carbons (Fsp3) is 0.333. The van der Waals surface area contributed by atoms with Crippen molar-refractivity contribution in [3.8, 4) is 6.07 Å². The van der Waals surface area contributed by atoms with Crippen LogP contribution in [0.4, 0.5) is 10.1 Å². The van der Waals surface area contributed by atoms with E-state index in [1.165, 1.54) is 32.0 Å². The molecule has 0 fully saturated rings. The van der Waals surface area contributed by atoms with Gasteiger partial charge in [0.05, 0.1) is 6.07 Å². The number of hydrogen-bond acceptors (Lipinski definition) is 2. The summed E-state index contributed by atoms with van der Waals surface area (Å²) in [6, 6.07) is 5.98. The van der Waals surface area contributed by atoms with Crippen molar-refractivity contribution in [1.29, 1.82) is 5.26 Å². The van der Waals surface area contributed by atoms with Crippen LogP contribution in [-0.2, 0) is 4.79 Å². The number of carbonyl (C=O) groups is 1. The van der Waals surface area contributed by atoms with Crippen molar-refractivity contribution in [2.75, 3.05) is 5.32 Å². The van der Waals surface area contributed by atoms with Crippen LogP contribution in [0.2, 0.25) is 0 Å². The summed E-state index contributed by atoms with van der Waals surface area (Å²) >= 11 is 0. The summed E-state index contributed by atoms with van der Waals surface area (Å²) in [4.78, 5) is 11.7. The highest BCUT2D eigenvalue weighted by Gasteiger charge is 2.27. The third-order valence-corrected chi connectivity index (χ3v) is 2.28. The lowest BCUT2D eigenvalue weighted by Crippen LogP contribution is -2.29. The molecule has 0 atom stereocenters. The van der Waals surface area contributed by atoms with Gasteiger partial charge in [0.1, 0.15) is 11.2 Å². The predicted molar refractivity (Wildman–Crippen MR) is 59.2 cm³/mol. The lowest BCUT2D eigenvalue weighted by molar-refractivity contribution is -0.121. The maximum Gasteiger partial charge on any atom is 0.244 e. The molecule has 0 aromatic heterocycles. The quantitative estimate of drug-likeness (QED) is 0.832. The van der Waals surface area contributed by atoms with E-state index in [2.05, 4.69) is 5.32 Å². The van der Waals surface area contributed by atoms with Gasteiger partial charge < -0.3 is 5.32 Å². The lowest BCUT2D eigenvalue weighted by Gasteiger charge is -2.16. The Kier molecular flexibility index (Phi) is 3.28. The highest BCUT2D eigenvalue weighted by atomic mass is 19.1. The summed E-state index contributed by atoms with van der Waals surface area (Å²) in [5.74, 6) is -0.750. The van der Waals surface area contributed by atoms with Gasteiger partial charge in [-0.15, -0.1) is 0 Å². The molecule has 1 amide bonds. The Morgan fingerprint density at radius 3 is 2.62 bits per heavy atom. The van der Waals surface area contributed by atoms with Crippen LogP contribution in [0, 0.1) is 29.5 Å². The van der Waals surface area contributed by atoms with E-state index in [4.69, 9.17) is 5.26 Å². The number of amides is 1. The fourth-order valence-corrected chi connectivity index (χ4v) is 1.10. The minimum absolute atomic E-state index is 0.352. The van der Waals surface area contributed by atoms with Crippen LogP contribution in [0.5, 0.6) is 0 Å². The topological polar surface area (TPSA) is 52.9 Å². The molecule has 0 aliphatic heterocycles. The van der Waals surface area contributed by atoms with Crippen LogP contribution in [0.1, 0.15) is 19.4 Å². The van der Waals surface area contributed by atoms with Gasteiger partial charge in [-0.05, 0) is 44.5 Å². The molecule has 0 radical (unpaired) electrons. The number of rotatable bonds is 2. The molecule has 0 heterocycles. The Morgan fingerprint density at radius 1 is 1.50 bits per heavy atom. The molecule has 0 saturated heterocycles. The molecule has 1 N–H and O–H groups in total. The van der Waals surface area contributed by atoms with Crippen LogP contribution in [0.3, 0.4) is 0 Å². The van der Waals surface area contributed by atoms with Gasteiger partial charge in [-0.1, -0.05) is 0 Å². The average Bonchev–Trinajstić information content (AvgIpc) is 2.22. The zero-order valence-electron chi connectivity index (χ0n) is 9.47. The van der Waals surface area contributed by atoms with Crippen molar-refractivity contribution in [2.24, 2.45) is 5.41 Å². The van der Waals surface area contributed by atoms with E-state index in [1.807, 2.05) is 6.07 Å². The van der Waals surface area contributed by atoms with Gasteiger partial charge in [0, 0.05) is 5.69 Å². The molecule has 1 aromatic rings. The van der Waals surface area contributed by atoms with E-state index in [-0.39, 0.29) is 5.82 Å². The molecule has 16 heavy (non-hydrogen) atoms. The maximum absolute atomic E-state index is 12.8. The largest absolute Gasteiger partial charge is 0.324 e. The summed E-state index contributed by atoms with van der Waals surface area (Å²) < 4.78 is 12.8. The Morgan fingerprint density at radius 2 is 2.12 bits per heavy atom. The molecule has 0 aliphatic carbocycles. The molecular weight excluding hydrogens is 207 g/mol. The molecule has 1 rings (SSSR count). The first kappa shape index (κ1) is 12.2. The number of nitrogens with one attached hydrogen (secondary N) is 1. The fourth-order valence-electron chi connectivity index (χ4n) is 1.10. The lowest BCUT2D eigenvalue weighted by atomic mass is 9.94. The summed E-state index contributed by atoms with van der Waals surface area (Å²) in [6.45, 7) is 4.75. The number of anilines is 1. The number of benzene rings is 1. The normalized spacial score (nSPS) is 10.7. The number of hydrogen-bond donors (Lipinski definition) is 1. The minimum Gasteiger partial charge on any atom is -0.324 e. The molecule has 0 saturated carbocycles. The number of carbonyl (C=O) groups excluding carboxylic acids is 1. The molecule has 4 heteroatoms. The van der Waals surface area contributed by atoms with Crippen LogP contribution >= 0.6 is 0 Å². The second kappa shape index (κ2) is 4.31. The summed E-state index contributed by atoms with van der Waals surface area (Å²) in [7, 11) is 0. The number of halogens is 1. The standard InChI is InChI=1S/C12H13FN2O/c1-8-6-9(13)4-5-10(8)15-11(16)12(2,3)7-14/h4-6H,1-3H3,(H,15,16). The molecule has 0 bridgehead atoms. The van der Waals surface area contributed by atoms with Crippen molar-refractivity contribution < 1.29 is 9.18 Å². The van der Waals surface area contributed by atoms with E-state index < -0.39 is 11.3 Å². The Balaban J connectivity index is 2.91. The molecule has 0 unspecified atom stereocenters. The first-order valence-electron chi connectivity index (χ1n) is 4.85. The summed E-state index contributed by atoms with van der Waals surface area (Å²) in [5.41, 5.74) is 0.0534. The van der Waals surface area contributed by atoms with Crippen LogP contribution < -0.4 is 5.32 Å². The smallest absolute Gasteiger partial charge is 0.244 e. The molecule has 1 aromatic carbocycles. The SMILES string of the molecule is Cc1cc(F)ccc1NC(=O)C(C)(C)C#N. The number of aryl methyl sites for hydroxylation is 1. The van der Waals surface area contributed by atoms with Crippen molar-refractivity contribution in [3.63, 3.8) is 0 Å². The molecular formula is C12H13FN2O. The first-order valence-corrected chi connectivity index (χ1v) is 4.85. The summed E-state index contributed by atoms with van der Waals surface area (Å²) in [6.07, 6.45) is 0.